The van der Waals surface area contributed by atoms with Gasteiger partial charge in [-0.1, -0.05) is 19.9 Å². The maximum Gasteiger partial charge on any atom is 0.269 e. The molecule has 90 valence electrons. The Labute approximate surface area is 100 Å². The quantitative estimate of drug-likeness (QED) is 0.597. The van der Waals surface area contributed by atoms with Crippen LogP contribution in [0.2, 0.25) is 0 Å². The standard InChI is InChI=1S/C13H16N2O2/c1-13(2)11-6-14-7-12(13)10-5-8(15(16)17)3-4-9(10)11/h3-5,11-12,14H,6-7H2,1-2H3. The highest BCUT2D eigenvalue weighted by molar-refractivity contribution is 5.50. The third-order valence-corrected chi connectivity index (χ3v) is 4.53. The fourth-order valence-corrected chi connectivity index (χ4v) is 3.46. The van der Waals surface area contributed by atoms with Crippen LogP contribution < -0.4 is 5.32 Å². The topological polar surface area (TPSA) is 55.2 Å². The van der Waals surface area contributed by atoms with E-state index in [-0.39, 0.29) is 16.0 Å². The first-order chi connectivity index (χ1) is 8.01. The monoisotopic (exact) mass is 232 g/mol. The third-order valence-electron chi connectivity index (χ3n) is 4.53. The van der Waals surface area contributed by atoms with Crippen LogP contribution in [0, 0.1) is 15.5 Å². The second-order valence-corrected chi connectivity index (χ2v) is 5.66. The molecule has 2 atom stereocenters. The summed E-state index contributed by atoms with van der Waals surface area (Å²) in [6.07, 6.45) is 0. The maximum absolute atomic E-state index is 10.8. The smallest absolute Gasteiger partial charge is 0.269 e. The van der Waals surface area contributed by atoms with Crippen LogP contribution >= 0.6 is 0 Å². The number of nitrogens with one attached hydrogen (secondary N) is 1. The Balaban J connectivity index is 2.16. The van der Waals surface area contributed by atoms with E-state index in [1.165, 1.54) is 11.1 Å². The van der Waals surface area contributed by atoms with E-state index < -0.39 is 0 Å². The SMILES string of the molecule is CC1(C)C2CNCC1c1cc([N+](=O)[O-])ccc12. The summed E-state index contributed by atoms with van der Waals surface area (Å²) in [5, 5.41) is 14.3. The Bertz CT molecular complexity index is 496. The number of benzene rings is 1. The molecule has 1 aromatic carbocycles. The Morgan fingerprint density at radius 2 is 1.94 bits per heavy atom. The van der Waals surface area contributed by atoms with Crippen molar-refractivity contribution in [3.05, 3.63) is 39.4 Å². The number of piperidine rings is 1. The summed E-state index contributed by atoms with van der Waals surface area (Å²) in [6, 6.07) is 5.36. The van der Waals surface area contributed by atoms with Crippen LogP contribution in [0.1, 0.15) is 36.8 Å². The Morgan fingerprint density at radius 1 is 1.29 bits per heavy atom. The lowest BCUT2D eigenvalue weighted by Crippen LogP contribution is -2.41. The minimum absolute atomic E-state index is 0.211. The van der Waals surface area contributed by atoms with Gasteiger partial charge in [0.15, 0.2) is 0 Å². The molecular weight excluding hydrogens is 216 g/mol. The molecule has 0 amide bonds. The number of nitrogens with zero attached hydrogens (tertiary/aromatic N) is 1. The number of hydrogen-bond donors (Lipinski definition) is 1. The number of non-ortho nitro benzene ring substituents is 1. The van der Waals surface area contributed by atoms with Crippen molar-refractivity contribution in [1.29, 1.82) is 0 Å². The molecule has 4 nitrogen and oxygen atoms in total. The number of nitro benzene ring substituents is 1. The summed E-state index contributed by atoms with van der Waals surface area (Å²) in [6.45, 7) is 6.45. The molecule has 4 heteroatoms. The Hall–Kier alpha value is -1.42. The van der Waals surface area contributed by atoms with E-state index in [0.717, 1.165) is 13.1 Å². The highest BCUT2D eigenvalue weighted by Crippen LogP contribution is 2.56. The third kappa shape index (κ3) is 1.33. The molecule has 0 aromatic heterocycles. The van der Waals surface area contributed by atoms with Crippen LogP contribution in [-0.2, 0) is 0 Å². The van der Waals surface area contributed by atoms with E-state index >= 15 is 0 Å². The van der Waals surface area contributed by atoms with Gasteiger partial charge in [0.1, 0.15) is 0 Å². The van der Waals surface area contributed by atoms with Crippen molar-refractivity contribution in [2.45, 2.75) is 25.7 Å². The van der Waals surface area contributed by atoms with Gasteiger partial charge in [-0.3, -0.25) is 10.1 Å². The maximum atomic E-state index is 10.8. The van der Waals surface area contributed by atoms with E-state index in [1.54, 1.807) is 12.1 Å². The van der Waals surface area contributed by atoms with Crippen molar-refractivity contribution >= 4 is 5.69 Å². The lowest BCUT2D eigenvalue weighted by molar-refractivity contribution is -0.384. The number of rotatable bonds is 1. The first-order valence-corrected chi connectivity index (χ1v) is 6.01. The Kier molecular flexibility index (Phi) is 2.08. The van der Waals surface area contributed by atoms with Gasteiger partial charge < -0.3 is 5.32 Å². The van der Waals surface area contributed by atoms with Gasteiger partial charge in [0.2, 0.25) is 0 Å². The van der Waals surface area contributed by atoms with Gasteiger partial charge in [0, 0.05) is 37.1 Å². The van der Waals surface area contributed by atoms with Crippen molar-refractivity contribution in [1.82, 2.24) is 5.32 Å². The molecule has 0 saturated carbocycles. The van der Waals surface area contributed by atoms with Crippen LogP contribution in [0.15, 0.2) is 18.2 Å². The molecule has 3 rings (SSSR count). The van der Waals surface area contributed by atoms with E-state index in [1.807, 2.05) is 6.07 Å². The molecule has 1 fully saturated rings. The zero-order valence-electron chi connectivity index (χ0n) is 10.1. The fourth-order valence-electron chi connectivity index (χ4n) is 3.46. The van der Waals surface area contributed by atoms with Gasteiger partial charge in [-0.15, -0.1) is 0 Å². The van der Waals surface area contributed by atoms with E-state index in [2.05, 4.69) is 19.2 Å². The molecule has 2 aliphatic rings. The summed E-state index contributed by atoms with van der Waals surface area (Å²) < 4.78 is 0. The van der Waals surface area contributed by atoms with Crippen LogP contribution in [0.5, 0.6) is 0 Å². The zero-order chi connectivity index (χ0) is 12.2. The van der Waals surface area contributed by atoms with Gasteiger partial charge >= 0.3 is 0 Å². The average Bonchev–Trinajstić information content (AvgIpc) is 2.43. The fraction of sp³-hybridized carbons (Fsp3) is 0.538. The van der Waals surface area contributed by atoms with Crippen molar-refractivity contribution in [2.24, 2.45) is 5.41 Å². The van der Waals surface area contributed by atoms with Gasteiger partial charge in [0.05, 0.1) is 4.92 Å². The number of nitro groups is 1. The summed E-state index contributed by atoms with van der Waals surface area (Å²) in [5.41, 5.74) is 2.91. The molecule has 1 aliphatic carbocycles. The second-order valence-electron chi connectivity index (χ2n) is 5.66. The molecule has 1 aliphatic heterocycles. The van der Waals surface area contributed by atoms with E-state index in [0.29, 0.717) is 11.8 Å². The predicted molar refractivity (Wildman–Crippen MR) is 65.2 cm³/mol. The van der Waals surface area contributed by atoms with E-state index in [4.69, 9.17) is 0 Å². The minimum atomic E-state index is -0.303. The summed E-state index contributed by atoms with van der Waals surface area (Å²) in [7, 11) is 0. The Morgan fingerprint density at radius 3 is 2.59 bits per heavy atom. The molecule has 2 bridgehead atoms. The molecule has 0 spiro atoms. The average molecular weight is 232 g/mol. The van der Waals surface area contributed by atoms with Crippen molar-refractivity contribution in [3.63, 3.8) is 0 Å². The van der Waals surface area contributed by atoms with Crippen LogP contribution in [-0.4, -0.2) is 18.0 Å². The highest BCUT2D eigenvalue weighted by atomic mass is 16.6. The van der Waals surface area contributed by atoms with Crippen molar-refractivity contribution in [2.75, 3.05) is 13.1 Å². The van der Waals surface area contributed by atoms with Gasteiger partial charge in [-0.05, 0) is 16.5 Å². The first kappa shape index (κ1) is 10.7. The van der Waals surface area contributed by atoms with Gasteiger partial charge in [-0.25, -0.2) is 0 Å². The van der Waals surface area contributed by atoms with Crippen LogP contribution in [0.3, 0.4) is 0 Å². The van der Waals surface area contributed by atoms with E-state index in [9.17, 15) is 10.1 Å². The highest BCUT2D eigenvalue weighted by Gasteiger charge is 2.49. The lowest BCUT2D eigenvalue weighted by Gasteiger charge is -2.38. The summed E-state index contributed by atoms with van der Waals surface area (Å²) >= 11 is 0. The van der Waals surface area contributed by atoms with Gasteiger partial charge in [0.25, 0.3) is 5.69 Å². The molecular formula is C13H16N2O2. The summed E-state index contributed by atoms with van der Waals surface area (Å²) in [5.74, 6) is 0.883. The summed E-state index contributed by atoms with van der Waals surface area (Å²) in [4.78, 5) is 10.5. The molecule has 2 unspecified atom stereocenters. The lowest BCUT2D eigenvalue weighted by atomic mass is 9.71. The molecule has 1 saturated heterocycles. The van der Waals surface area contributed by atoms with Crippen molar-refractivity contribution < 1.29 is 4.92 Å². The first-order valence-electron chi connectivity index (χ1n) is 6.01. The second kappa shape index (κ2) is 3.29. The van der Waals surface area contributed by atoms with Crippen LogP contribution in [0.25, 0.3) is 0 Å². The molecule has 1 aromatic rings. The number of hydrogen-bond acceptors (Lipinski definition) is 3. The normalized spacial score (nSPS) is 28.8. The number of fused-ring (bicyclic) bond motifs is 5. The van der Waals surface area contributed by atoms with Crippen LogP contribution in [0.4, 0.5) is 5.69 Å². The zero-order valence-corrected chi connectivity index (χ0v) is 10.1. The molecule has 1 N–H and O–H groups in total. The van der Waals surface area contributed by atoms with Gasteiger partial charge in [-0.2, -0.15) is 0 Å². The molecule has 1 heterocycles. The minimum Gasteiger partial charge on any atom is -0.315 e. The molecule has 17 heavy (non-hydrogen) atoms. The molecule has 0 radical (unpaired) electrons. The predicted octanol–water partition coefficient (Wildman–Crippen LogP) is 2.41. The van der Waals surface area contributed by atoms with Crippen molar-refractivity contribution in [3.8, 4) is 0 Å². The largest absolute Gasteiger partial charge is 0.315 e.